The van der Waals surface area contributed by atoms with Crippen LogP contribution in [0.15, 0.2) is 30.7 Å². The van der Waals surface area contributed by atoms with E-state index >= 15 is 0 Å². The third-order valence-electron chi connectivity index (χ3n) is 4.52. The van der Waals surface area contributed by atoms with Gasteiger partial charge in [-0.1, -0.05) is 0 Å². The maximum absolute atomic E-state index is 13.1. The lowest BCUT2D eigenvalue weighted by Crippen LogP contribution is -2.39. The van der Waals surface area contributed by atoms with Gasteiger partial charge in [-0.05, 0) is 37.5 Å². The fourth-order valence-corrected chi connectivity index (χ4v) is 2.90. The first-order valence-corrected chi connectivity index (χ1v) is 7.93. The Morgan fingerprint density at radius 3 is 2.60 bits per heavy atom. The van der Waals surface area contributed by atoms with Gasteiger partial charge in [-0.15, -0.1) is 0 Å². The summed E-state index contributed by atoms with van der Waals surface area (Å²) in [5.74, 6) is 0.809. The van der Waals surface area contributed by atoms with Crippen molar-refractivity contribution < 1.29 is 18.3 Å². The predicted octanol–water partition coefficient (Wildman–Crippen LogP) is 2.58. The highest BCUT2D eigenvalue weighted by molar-refractivity contribution is 5.66. The molecule has 8 heteroatoms. The van der Waals surface area contributed by atoms with E-state index in [1.807, 2.05) is 11.0 Å². The van der Waals surface area contributed by atoms with Crippen LogP contribution in [0.25, 0.3) is 11.1 Å². The van der Waals surface area contributed by atoms with Crippen molar-refractivity contribution in [2.24, 2.45) is 5.73 Å². The number of pyridine rings is 2. The number of halogens is 3. The molecule has 25 heavy (non-hydrogen) atoms. The molecule has 0 saturated carbocycles. The van der Waals surface area contributed by atoms with E-state index in [4.69, 9.17) is 5.73 Å². The number of rotatable bonds is 3. The number of nitrogens with zero attached hydrogens (tertiary/aromatic N) is 3. The lowest BCUT2D eigenvalue weighted by molar-refractivity contribution is -0.259. The lowest BCUT2D eigenvalue weighted by Gasteiger charge is -2.29. The van der Waals surface area contributed by atoms with Crippen LogP contribution in [0.5, 0.6) is 0 Å². The molecular formula is C17H19F3N4O. The van der Waals surface area contributed by atoms with Crippen LogP contribution in [0.3, 0.4) is 0 Å². The van der Waals surface area contributed by atoms with Gasteiger partial charge in [0.2, 0.25) is 0 Å². The van der Waals surface area contributed by atoms with Gasteiger partial charge in [-0.2, -0.15) is 13.2 Å². The van der Waals surface area contributed by atoms with Crippen molar-refractivity contribution in [3.8, 4) is 11.1 Å². The maximum atomic E-state index is 13.1. The summed E-state index contributed by atoms with van der Waals surface area (Å²) in [6, 6.07) is 3.20. The average molecular weight is 352 g/mol. The Balaban J connectivity index is 2.00. The third kappa shape index (κ3) is 3.19. The van der Waals surface area contributed by atoms with E-state index in [0.29, 0.717) is 17.8 Å². The van der Waals surface area contributed by atoms with Crippen LogP contribution in [0.2, 0.25) is 0 Å². The number of hydrogen-bond donors (Lipinski definition) is 2. The number of aromatic nitrogens is 2. The van der Waals surface area contributed by atoms with E-state index in [0.717, 1.165) is 43.9 Å². The lowest BCUT2D eigenvalue weighted by atomic mass is 9.94. The van der Waals surface area contributed by atoms with Gasteiger partial charge in [0.25, 0.3) is 0 Å². The molecule has 3 heterocycles. The number of nitrogens with two attached hydrogens (primary N) is 1. The highest BCUT2D eigenvalue weighted by Gasteiger charge is 2.51. The van der Waals surface area contributed by atoms with E-state index in [9.17, 15) is 18.3 Å². The Morgan fingerprint density at radius 1 is 1.20 bits per heavy atom. The molecule has 0 saturated heterocycles. The number of aryl methyl sites for hydroxylation is 1. The Labute approximate surface area is 143 Å². The summed E-state index contributed by atoms with van der Waals surface area (Å²) in [6.07, 6.45) is 1.07. The predicted molar refractivity (Wildman–Crippen MR) is 87.8 cm³/mol. The first-order chi connectivity index (χ1) is 11.7. The molecule has 0 amide bonds. The van der Waals surface area contributed by atoms with Crippen molar-refractivity contribution in [3.63, 3.8) is 0 Å². The second-order valence-corrected chi connectivity index (χ2v) is 6.29. The molecule has 1 unspecified atom stereocenters. The Bertz CT molecular complexity index is 777. The van der Waals surface area contributed by atoms with E-state index < -0.39 is 11.8 Å². The third-order valence-corrected chi connectivity index (χ3v) is 4.52. The quantitative estimate of drug-likeness (QED) is 0.888. The number of fused-ring (bicyclic) bond motifs is 1. The van der Waals surface area contributed by atoms with Crippen LogP contribution in [0.1, 0.15) is 24.5 Å². The highest BCUT2D eigenvalue weighted by Crippen LogP contribution is 2.39. The molecule has 5 nitrogen and oxygen atoms in total. The van der Waals surface area contributed by atoms with Crippen LogP contribution in [-0.4, -0.2) is 34.5 Å². The summed E-state index contributed by atoms with van der Waals surface area (Å²) in [7, 11) is 0. The SMILES string of the molecule is CC(O)(c1cncc(-c2cnc3c(c2)CCCN3CN)c1)C(F)(F)F. The fraction of sp³-hybridized carbons (Fsp3) is 0.412. The van der Waals surface area contributed by atoms with Gasteiger partial charge in [0, 0.05) is 41.8 Å². The molecule has 2 aromatic rings. The summed E-state index contributed by atoms with van der Waals surface area (Å²) in [5.41, 5.74) is 4.58. The fourth-order valence-electron chi connectivity index (χ4n) is 2.90. The second-order valence-electron chi connectivity index (χ2n) is 6.29. The zero-order valence-corrected chi connectivity index (χ0v) is 13.7. The van der Waals surface area contributed by atoms with Crippen molar-refractivity contribution >= 4 is 5.82 Å². The molecule has 0 bridgehead atoms. The van der Waals surface area contributed by atoms with Crippen LogP contribution in [0, 0.1) is 0 Å². The number of aliphatic hydroxyl groups is 1. The topological polar surface area (TPSA) is 75.3 Å². The van der Waals surface area contributed by atoms with Crippen LogP contribution in [0.4, 0.5) is 19.0 Å². The van der Waals surface area contributed by atoms with Crippen molar-refractivity contribution in [1.82, 2.24) is 9.97 Å². The Kier molecular flexibility index (Phi) is 4.42. The Morgan fingerprint density at radius 2 is 1.92 bits per heavy atom. The summed E-state index contributed by atoms with van der Waals surface area (Å²) in [5, 5.41) is 9.85. The molecule has 3 rings (SSSR count). The van der Waals surface area contributed by atoms with Gasteiger partial charge in [0.05, 0.1) is 6.67 Å². The van der Waals surface area contributed by atoms with Gasteiger partial charge in [-0.25, -0.2) is 4.98 Å². The van der Waals surface area contributed by atoms with E-state index in [1.165, 1.54) is 12.3 Å². The highest BCUT2D eigenvalue weighted by atomic mass is 19.4. The molecule has 0 aliphatic carbocycles. The van der Waals surface area contributed by atoms with Gasteiger partial charge in [0.1, 0.15) is 5.82 Å². The normalized spacial score (nSPS) is 17.1. The minimum Gasteiger partial charge on any atom is -0.376 e. The Hall–Kier alpha value is -2.19. The number of anilines is 1. The van der Waals surface area contributed by atoms with Crippen LogP contribution < -0.4 is 10.6 Å². The van der Waals surface area contributed by atoms with Crippen LogP contribution in [-0.2, 0) is 12.0 Å². The molecule has 3 N–H and O–H groups in total. The maximum Gasteiger partial charge on any atom is 0.421 e. The van der Waals surface area contributed by atoms with E-state index in [2.05, 4.69) is 9.97 Å². The molecule has 0 radical (unpaired) electrons. The smallest absolute Gasteiger partial charge is 0.376 e. The first-order valence-electron chi connectivity index (χ1n) is 7.93. The molecule has 1 atom stereocenters. The van der Waals surface area contributed by atoms with E-state index in [-0.39, 0.29) is 5.56 Å². The monoisotopic (exact) mass is 352 g/mol. The number of alkyl halides is 3. The van der Waals surface area contributed by atoms with Gasteiger partial charge in [0.15, 0.2) is 5.60 Å². The molecule has 134 valence electrons. The summed E-state index contributed by atoms with van der Waals surface area (Å²) >= 11 is 0. The minimum atomic E-state index is -4.79. The van der Waals surface area contributed by atoms with Crippen LogP contribution >= 0.6 is 0 Å². The summed E-state index contributed by atoms with van der Waals surface area (Å²) in [6.45, 7) is 1.92. The minimum absolute atomic E-state index is 0.307. The molecule has 0 fully saturated rings. The largest absolute Gasteiger partial charge is 0.421 e. The van der Waals surface area contributed by atoms with Gasteiger partial charge in [-0.3, -0.25) is 4.98 Å². The zero-order chi connectivity index (χ0) is 18.2. The second kappa shape index (κ2) is 6.27. The van der Waals surface area contributed by atoms with Crippen molar-refractivity contribution in [2.45, 2.75) is 31.5 Å². The molecule has 1 aliphatic rings. The zero-order valence-electron chi connectivity index (χ0n) is 13.7. The molecule has 0 aromatic carbocycles. The average Bonchev–Trinajstić information content (AvgIpc) is 2.59. The van der Waals surface area contributed by atoms with Gasteiger partial charge < -0.3 is 15.7 Å². The summed E-state index contributed by atoms with van der Waals surface area (Å²) < 4.78 is 39.2. The molecular weight excluding hydrogens is 333 g/mol. The molecule has 0 spiro atoms. The van der Waals surface area contributed by atoms with Gasteiger partial charge >= 0.3 is 6.18 Å². The molecule has 2 aromatic heterocycles. The summed E-state index contributed by atoms with van der Waals surface area (Å²) in [4.78, 5) is 10.3. The van der Waals surface area contributed by atoms with Crippen molar-refractivity contribution in [3.05, 3.63) is 41.9 Å². The molecule has 1 aliphatic heterocycles. The standard InChI is InChI=1S/C17H19F3N4O/c1-16(25,17(18,19)20)14-6-13(7-22-9-14)12-5-11-3-2-4-24(10-21)15(11)23-8-12/h5-9,25H,2-4,10,21H2,1H3. The van der Waals surface area contributed by atoms with Crippen molar-refractivity contribution in [2.75, 3.05) is 18.1 Å². The first kappa shape index (κ1) is 17.6. The number of hydrogen-bond acceptors (Lipinski definition) is 5. The van der Waals surface area contributed by atoms with Crippen molar-refractivity contribution in [1.29, 1.82) is 0 Å². The van der Waals surface area contributed by atoms with E-state index in [1.54, 1.807) is 6.20 Å².